The number of benzene rings is 1. The molecule has 100 valence electrons. The minimum atomic E-state index is 0.169. The topological polar surface area (TPSA) is 37.8 Å². The molecule has 2 atom stereocenters. The Hall–Kier alpha value is -1.26. The summed E-state index contributed by atoms with van der Waals surface area (Å²) in [6.07, 6.45) is 3.47. The van der Waals surface area contributed by atoms with Crippen LogP contribution in [0.15, 0.2) is 41.1 Å². The smallest absolute Gasteiger partial charge is 0.0782 e. The lowest BCUT2D eigenvalue weighted by Gasteiger charge is -2.21. The van der Waals surface area contributed by atoms with E-state index in [0.29, 0.717) is 0 Å². The van der Waals surface area contributed by atoms with E-state index < -0.39 is 0 Å². The van der Waals surface area contributed by atoms with Crippen LogP contribution in [0.3, 0.4) is 0 Å². The van der Waals surface area contributed by atoms with E-state index in [2.05, 4.69) is 63.3 Å². The summed E-state index contributed by atoms with van der Waals surface area (Å²) >= 11 is 3.50. The highest BCUT2D eigenvalue weighted by molar-refractivity contribution is 9.10. The maximum atomic E-state index is 4.41. The lowest BCUT2D eigenvalue weighted by atomic mass is 10.1. The Kier molecular flexibility index (Phi) is 4.66. The first kappa shape index (κ1) is 14.2. The van der Waals surface area contributed by atoms with Crippen LogP contribution in [0, 0.1) is 6.92 Å². The zero-order valence-corrected chi connectivity index (χ0v) is 13.0. The Labute approximate surface area is 122 Å². The largest absolute Gasteiger partial charge is 0.302 e. The van der Waals surface area contributed by atoms with Gasteiger partial charge < -0.3 is 5.32 Å². The summed E-state index contributed by atoms with van der Waals surface area (Å²) < 4.78 is 1.10. The molecule has 1 aromatic heterocycles. The van der Waals surface area contributed by atoms with Gasteiger partial charge in [0.25, 0.3) is 0 Å². The van der Waals surface area contributed by atoms with E-state index in [1.807, 2.05) is 13.0 Å². The van der Waals surface area contributed by atoms with E-state index >= 15 is 0 Å². The Morgan fingerprint density at radius 3 is 2.53 bits per heavy atom. The maximum absolute atomic E-state index is 4.41. The second-order valence-electron chi connectivity index (χ2n) is 4.69. The molecule has 4 heteroatoms. The summed E-state index contributed by atoms with van der Waals surface area (Å²) in [6, 6.07) is 8.77. The molecule has 0 saturated heterocycles. The van der Waals surface area contributed by atoms with Gasteiger partial charge in [0, 0.05) is 29.0 Å². The third-order valence-electron chi connectivity index (χ3n) is 3.18. The summed E-state index contributed by atoms with van der Waals surface area (Å²) in [7, 11) is 0. The summed E-state index contributed by atoms with van der Waals surface area (Å²) in [5.41, 5.74) is 3.23. The van der Waals surface area contributed by atoms with Gasteiger partial charge in [0.2, 0.25) is 0 Å². The van der Waals surface area contributed by atoms with Gasteiger partial charge in [0.1, 0.15) is 0 Å². The third kappa shape index (κ3) is 3.61. The zero-order valence-electron chi connectivity index (χ0n) is 11.4. The van der Waals surface area contributed by atoms with Crippen LogP contribution >= 0.6 is 15.9 Å². The number of hydrogen-bond donors (Lipinski definition) is 1. The van der Waals surface area contributed by atoms with E-state index in [-0.39, 0.29) is 12.1 Å². The Morgan fingerprint density at radius 2 is 1.84 bits per heavy atom. The molecule has 0 aliphatic carbocycles. The van der Waals surface area contributed by atoms with Crippen molar-refractivity contribution in [2.75, 3.05) is 0 Å². The number of rotatable bonds is 4. The number of aromatic nitrogens is 2. The highest BCUT2D eigenvalue weighted by Gasteiger charge is 2.14. The molecule has 0 amide bonds. The molecule has 0 fully saturated rings. The third-order valence-corrected chi connectivity index (χ3v) is 3.67. The van der Waals surface area contributed by atoms with E-state index in [1.165, 1.54) is 5.56 Å². The van der Waals surface area contributed by atoms with Crippen LogP contribution in [0.2, 0.25) is 0 Å². The predicted octanol–water partition coefficient (Wildman–Crippen LogP) is 3.96. The van der Waals surface area contributed by atoms with E-state index in [9.17, 15) is 0 Å². The van der Waals surface area contributed by atoms with Crippen LogP contribution in [0.5, 0.6) is 0 Å². The van der Waals surface area contributed by atoms with Crippen molar-refractivity contribution in [1.82, 2.24) is 15.3 Å². The average molecular weight is 320 g/mol. The standard InChI is InChI=1S/C15H18BrN3/c1-10(13-5-4-6-14(16)9-13)19-12(3)15-11(2)17-7-8-18-15/h4-10,12,19H,1-3H3/t10-,12?/m0/s1. The number of nitrogens with one attached hydrogen (secondary N) is 1. The Bertz CT molecular complexity index is 557. The monoisotopic (exact) mass is 319 g/mol. The average Bonchev–Trinajstić information content (AvgIpc) is 2.39. The quantitative estimate of drug-likeness (QED) is 0.926. The van der Waals surface area contributed by atoms with Crippen molar-refractivity contribution >= 4 is 15.9 Å². The van der Waals surface area contributed by atoms with Crippen LogP contribution in [0.4, 0.5) is 0 Å². The van der Waals surface area contributed by atoms with Gasteiger partial charge in [-0.15, -0.1) is 0 Å². The molecule has 0 radical (unpaired) electrons. The normalized spacial score (nSPS) is 14.1. The lowest BCUT2D eigenvalue weighted by molar-refractivity contribution is 0.482. The van der Waals surface area contributed by atoms with Crippen molar-refractivity contribution < 1.29 is 0 Å². The van der Waals surface area contributed by atoms with Gasteiger partial charge in [0.15, 0.2) is 0 Å². The molecular formula is C15H18BrN3. The first-order valence-corrected chi connectivity index (χ1v) is 7.16. The van der Waals surface area contributed by atoms with Gasteiger partial charge in [-0.05, 0) is 38.5 Å². The zero-order chi connectivity index (χ0) is 13.8. The second kappa shape index (κ2) is 6.26. The fourth-order valence-corrected chi connectivity index (χ4v) is 2.59. The van der Waals surface area contributed by atoms with Gasteiger partial charge >= 0.3 is 0 Å². The van der Waals surface area contributed by atoms with Gasteiger partial charge in [0.05, 0.1) is 11.4 Å². The molecule has 2 aromatic rings. The van der Waals surface area contributed by atoms with Crippen molar-refractivity contribution in [2.24, 2.45) is 0 Å². The summed E-state index contributed by atoms with van der Waals surface area (Å²) in [4.78, 5) is 8.69. The Morgan fingerprint density at radius 1 is 1.11 bits per heavy atom. The fourth-order valence-electron chi connectivity index (χ4n) is 2.17. The SMILES string of the molecule is Cc1nccnc1C(C)N[C@@H](C)c1cccc(Br)c1. The fraction of sp³-hybridized carbons (Fsp3) is 0.333. The van der Waals surface area contributed by atoms with E-state index in [0.717, 1.165) is 15.9 Å². The first-order valence-electron chi connectivity index (χ1n) is 6.37. The minimum Gasteiger partial charge on any atom is -0.302 e. The molecule has 0 spiro atoms. The molecule has 0 aliphatic heterocycles. The van der Waals surface area contributed by atoms with Gasteiger partial charge in [-0.25, -0.2) is 0 Å². The molecule has 1 heterocycles. The molecule has 3 nitrogen and oxygen atoms in total. The second-order valence-corrected chi connectivity index (χ2v) is 5.61. The van der Waals surface area contributed by atoms with Crippen LogP contribution < -0.4 is 5.32 Å². The molecule has 1 aromatic carbocycles. The van der Waals surface area contributed by atoms with Gasteiger partial charge in [-0.3, -0.25) is 9.97 Å². The number of nitrogens with zero attached hydrogens (tertiary/aromatic N) is 2. The van der Waals surface area contributed by atoms with Crippen LogP contribution in [-0.2, 0) is 0 Å². The lowest BCUT2D eigenvalue weighted by Crippen LogP contribution is -2.24. The highest BCUT2D eigenvalue weighted by atomic mass is 79.9. The molecule has 19 heavy (non-hydrogen) atoms. The maximum Gasteiger partial charge on any atom is 0.0782 e. The number of halogens is 1. The molecule has 0 saturated carbocycles. The van der Waals surface area contributed by atoms with Crippen molar-refractivity contribution in [3.05, 3.63) is 58.1 Å². The first-order chi connectivity index (χ1) is 9.08. The summed E-state index contributed by atoms with van der Waals surface area (Å²) in [5, 5.41) is 3.56. The Balaban J connectivity index is 2.11. The number of hydrogen-bond acceptors (Lipinski definition) is 3. The highest BCUT2D eigenvalue weighted by Crippen LogP contribution is 2.21. The molecule has 1 N–H and O–H groups in total. The van der Waals surface area contributed by atoms with Gasteiger partial charge in [-0.1, -0.05) is 28.1 Å². The van der Waals surface area contributed by atoms with Crippen molar-refractivity contribution in [1.29, 1.82) is 0 Å². The van der Waals surface area contributed by atoms with E-state index in [4.69, 9.17) is 0 Å². The molecule has 2 rings (SSSR count). The van der Waals surface area contributed by atoms with Crippen LogP contribution in [0.25, 0.3) is 0 Å². The summed E-state index contributed by atoms with van der Waals surface area (Å²) in [5.74, 6) is 0. The number of aryl methyl sites for hydroxylation is 1. The molecule has 1 unspecified atom stereocenters. The molecule has 0 aliphatic rings. The molecular weight excluding hydrogens is 302 g/mol. The van der Waals surface area contributed by atoms with E-state index in [1.54, 1.807) is 12.4 Å². The summed E-state index contributed by atoms with van der Waals surface area (Å²) in [6.45, 7) is 6.26. The predicted molar refractivity (Wildman–Crippen MR) is 80.9 cm³/mol. The van der Waals surface area contributed by atoms with Crippen LogP contribution in [0.1, 0.15) is 42.9 Å². The van der Waals surface area contributed by atoms with Gasteiger partial charge in [-0.2, -0.15) is 0 Å². The van der Waals surface area contributed by atoms with Crippen molar-refractivity contribution in [2.45, 2.75) is 32.9 Å². The minimum absolute atomic E-state index is 0.169. The van der Waals surface area contributed by atoms with Crippen molar-refractivity contribution in [3.8, 4) is 0 Å². The van der Waals surface area contributed by atoms with Crippen molar-refractivity contribution in [3.63, 3.8) is 0 Å². The van der Waals surface area contributed by atoms with Crippen LogP contribution in [-0.4, -0.2) is 9.97 Å². The molecule has 0 bridgehead atoms.